The van der Waals surface area contributed by atoms with Crippen LogP contribution in [0.4, 0.5) is 11.4 Å². The van der Waals surface area contributed by atoms with Crippen LogP contribution in [0.2, 0.25) is 10.0 Å². The largest absolute Gasteiger partial charge is 0.507 e. The Bertz CT molecular complexity index is 1970. The average molecular weight is 628 g/mol. The Hall–Kier alpha value is -5.05. The second kappa shape index (κ2) is 13.1. The van der Waals surface area contributed by atoms with Crippen LogP contribution in [-0.2, 0) is 0 Å². The van der Waals surface area contributed by atoms with E-state index in [4.69, 9.17) is 48.5 Å². The smallest absolute Gasteiger partial charge is 0.343 e. The molecule has 0 unspecified atom stereocenters. The number of aromatic nitrogens is 2. The van der Waals surface area contributed by atoms with Crippen molar-refractivity contribution in [2.45, 2.75) is 19.9 Å². The highest BCUT2D eigenvalue weighted by molar-refractivity contribution is 6.30. The second-order valence-electron chi connectivity index (χ2n) is 10.1. The van der Waals surface area contributed by atoms with Crippen molar-refractivity contribution in [3.05, 3.63) is 124 Å². The molecule has 4 aromatic rings. The first kappa shape index (κ1) is 30.4. The lowest BCUT2D eigenvalue weighted by Crippen LogP contribution is -2.16. The number of hydrogen-bond acceptors (Lipinski definition) is 6. The number of aromatic hydroxyl groups is 2. The molecule has 0 fully saturated rings. The Kier molecular flexibility index (Phi) is 9.04. The van der Waals surface area contributed by atoms with Crippen LogP contribution in [0.3, 0.4) is 0 Å². The first-order valence-electron chi connectivity index (χ1n) is 13.6. The molecule has 8 nitrogen and oxygen atoms in total. The summed E-state index contributed by atoms with van der Waals surface area (Å²) in [5.74, 6) is -2.21. The molecule has 2 aliphatic rings. The topological polar surface area (TPSA) is 120 Å². The number of hydrogen-bond donors (Lipinski definition) is 4. The molecule has 0 saturated heterocycles. The summed E-state index contributed by atoms with van der Waals surface area (Å²) in [5.41, 5.74) is 6.13. The molecule has 0 atom stereocenters. The molecule has 4 N–H and O–H groups in total. The Morgan fingerprint density at radius 2 is 1.45 bits per heavy atom. The molecule has 1 heterocycles. The van der Waals surface area contributed by atoms with Crippen LogP contribution in [0.1, 0.15) is 24.2 Å². The normalized spacial score (nSPS) is 11.4. The van der Waals surface area contributed by atoms with E-state index >= 15 is 0 Å². The molecule has 0 saturated carbocycles. The Morgan fingerprint density at radius 1 is 0.841 bits per heavy atom. The number of para-hydroxylation sites is 2. The zero-order valence-corrected chi connectivity index (χ0v) is 25.3. The number of aromatic carboxylic acids is 1. The standard InChI is InChI=1S/C27H22Cl2N4.C7H6O4/c1-17(2)30-24-16-27-25(15-23(24)31-20-11-7-18(28)8-12-20)32-22-5-3-4-6-26(22)33(27)21-13-9-19(29)10-14-21;8-4-2-1-3-5(9)6(4)7(10)11/h3-17,31H,1-2H3;1-3,8-9H,(H,10,11). The van der Waals surface area contributed by atoms with Gasteiger partial charge in [0.1, 0.15) is 17.1 Å². The fraction of sp³-hybridized carbons (Fsp3) is 0.0882. The summed E-state index contributed by atoms with van der Waals surface area (Å²) < 4.78 is 2.21. The molecule has 4 aromatic carbocycles. The molecule has 0 amide bonds. The Balaban J connectivity index is 0.000000296. The molecular formula is C34H28Cl2N4O4. The molecule has 1 aliphatic carbocycles. The summed E-state index contributed by atoms with van der Waals surface area (Å²) in [7, 11) is 0. The molecule has 0 spiro atoms. The van der Waals surface area contributed by atoms with Gasteiger partial charge < -0.3 is 25.2 Å². The van der Waals surface area contributed by atoms with Crippen LogP contribution in [0, 0.1) is 0 Å². The van der Waals surface area contributed by atoms with Gasteiger partial charge in [0.15, 0.2) is 0 Å². The predicted octanol–water partition coefficient (Wildman–Crippen LogP) is 8.29. The van der Waals surface area contributed by atoms with E-state index in [1.807, 2.05) is 66.7 Å². The zero-order valence-electron chi connectivity index (χ0n) is 23.7. The van der Waals surface area contributed by atoms with Crippen LogP contribution >= 0.6 is 23.2 Å². The van der Waals surface area contributed by atoms with Gasteiger partial charge in [-0.05, 0) is 98.8 Å². The van der Waals surface area contributed by atoms with E-state index in [-0.39, 0.29) is 6.04 Å². The van der Waals surface area contributed by atoms with Gasteiger partial charge in [0, 0.05) is 27.5 Å². The molecule has 0 radical (unpaired) electrons. The van der Waals surface area contributed by atoms with Crippen LogP contribution in [0.5, 0.6) is 11.5 Å². The van der Waals surface area contributed by atoms with Crippen molar-refractivity contribution in [2.24, 2.45) is 4.99 Å². The summed E-state index contributed by atoms with van der Waals surface area (Å²) in [6, 6.07) is 31.7. The number of carboxylic acid groups (broad SMARTS) is 1. The van der Waals surface area contributed by atoms with Crippen LogP contribution in [-0.4, -0.2) is 36.9 Å². The number of nitrogens with zero attached hydrogens (tertiary/aromatic N) is 3. The number of benzene rings is 5. The van der Waals surface area contributed by atoms with E-state index in [1.54, 1.807) is 0 Å². The van der Waals surface area contributed by atoms with Crippen molar-refractivity contribution >= 4 is 51.6 Å². The average Bonchev–Trinajstić information content (AvgIpc) is 2.98. The molecule has 0 aromatic heterocycles. The third-order valence-electron chi connectivity index (χ3n) is 6.54. The van der Waals surface area contributed by atoms with Gasteiger partial charge in [-0.15, -0.1) is 0 Å². The monoisotopic (exact) mass is 626 g/mol. The van der Waals surface area contributed by atoms with Gasteiger partial charge >= 0.3 is 5.97 Å². The number of phenols is 2. The lowest BCUT2D eigenvalue weighted by atomic mass is 10.1. The first-order chi connectivity index (χ1) is 21.1. The van der Waals surface area contributed by atoms with Crippen molar-refractivity contribution in [1.29, 1.82) is 0 Å². The van der Waals surface area contributed by atoms with Crippen molar-refractivity contribution in [2.75, 3.05) is 5.32 Å². The molecular weight excluding hydrogens is 599 g/mol. The number of nitrogens with one attached hydrogen (secondary N) is 1. The number of rotatable bonds is 5. The van der Waals surface area contributed by atoms with Gasteiger partial charge in [-0.25, -0.2) is 9.78 Å². The second-order valence-corrected chi connectivity index (χ2v) is 11.0. The molecule has 44 heavy (non-hydrogen) atoms. The van der Waals surface area contributed by atoms with E-state index in [0.717, 1.165) is 44.8 Å². The number of fused-ring (bicyclic) bond motifs is 2. The van der Waals surface area contributed by atoms with Crippen molar-refractivity contribution < 1.29 is 20.1 Å². The fourth-order valence-corrected chi connectivity index (χ4v) is 4.88. The molecule has 0 bridgehead atoms. The Morgan fingerprint density at radius 3 is 2.05 bits per heavy atom. The highest BCUT2D eigenvalue weighted by atomic mass is 35.5. The number of carboxylic acids is 1. The number of anilines is 2. The third-order valence-corrected chi connectivity index (χ3v) is 7.04. The van der Waals surface area contributed by atoms with Gasteiger partial charge in [-0.1, -0.05) is 41.4 Å². The third kappa shape index (κ3) is 6.78. The summed E-state index contributed by atoms with van der Waals surface area (Å²) in [5, 5.41) is 32.0. The maximum Gasteiger partial charge on any atom is 0.343 e. The van der Waals surface area contributed by atoms with Crippen LogP contribution in [0.15, 0.2) is 108 Å². The molecule has 6 rings (SSSR count). The molecule has 1 aliphatic heterocycles. The quantitative estimate of drug-likeness (QED) is 0.143. The first-order valence-corrected chi connectivity index (χ1v) is 14.4. The van der Waals surface area contributed by atoms with Gasteiger partial charge in [-0.3, -0.25) is 4.99 Å². The van der Waals surface area contributed by atoms with Gasteiger partial charge in [0.05, 0.1) is 33.5 Å². The SMILES string of the molecule is CC(C)N=c1cc2n(-c3ccc(Cl)cc3)c3ccccc3nc-2cc1Nc1ccc(Cl)cc1.O=C(O)c1c(O)cccc1O. The van der Waals surface area contributed by atoms with E-state index in [1.165, 1.54) is 18.2 Å². The van der Waals surface area contributed by atoms with Gasteiger partial charge in [-0.2, -0.15) is 0 Å². The van der Waals surface area contributed by atoms with Crippen molar-refractivity contribution in [3.63, 3.8) is 0 Å². The maximum absolute atomic E-state index is 10.3. The summed E-state index contributed by atoms with van der Waals surface area (Å²) >= 11 is 12.2. The van der Waals surface area contributed by atoms with Crippen molar-refractivity contribution in [1.82, 2.24) is 9.55 Å². The van der Waals surface area contributed by atoms with E-state index in [9.17, 15) is 4.79 Å². The highest BCUT2D eigenvalue weighted by Crippen LogP contribution is 2.31. The van der Waals surface area contributed by atoms with E-state index in [0.29, 0.717) is 10.0 Å². The van der Waals surface area contributed by atoms with Crippen LogP contribution in [0.25, 0.3) is 28.1 Å². The predicted molar refractivity (Wildman–Crippen MR) is 175 cm³/mol. The lowest BCUT2D eigenvalue weighted by molar-refractivity contribution is 0.0690. The number of halogens is 2. The highest BCUT2D eigenvalue weighted by Gasteiger charge is 2.17. The lowest BCUT2D eigenvalue weighted by Gasteiger charge is -2.20. The zero-order chi connectivity index (χ0) is 31.4. The summed E-state index contributed by atoms with van der Waals surface area (Å²) in [4.78, 5) is 20.2. The number of carbonyl (C=O) groups is 1. The minimum absolute atomic E-state index is 0.130. The van der Waals surface area contributed by atoms with E-state index < -0.39 is 23.0 Å². The maximum atomic E-state index is 10.3. The van der Waals surface area contributed by atoms with Gasteiger partial charge in [0.25, 0.3) is 0 Å². The minimum atomic E-state index is -1.35. The summed E-state index contributed by atoms with van der Waals surface area (Å²) in [6.07, 6.45) is 0. The Labute approximate surface area is 263 Å². The minimum Gasteiger partial charge on any atom is -0.507 e. The molecule has 222 valence electrons. The van der Waals surface area contributed by atoms with Crippen LogP contribution < -0.4 is 10.7 Å². The van der Waals surface area contributed by atoms with Gasteiger partial charge in [0.2, 0.25) is 0 Å². The molecule has 10 heteroatoms. The summed E-state index contributed by atoms with van der Waals surface area (Å²) in [6.45, 7) is 4.14. The van der Waals surface area contributed by atoms with Crippen molar-refractivity contribution in [3.8, 4) is 28.6 Å². The van der Waals surface area contributed by atoms with E-state index in [2.05, 4.69) is 41.9 Å². The fourth-order valence-electron chi connectivity index (χ4n) is 4.63.